The number of hydrogen-bond acceptors (Lipinski definition) is 5. The zero-order valence-corrected chi connectivity index (χ0v) is 22.0. The Labute approximate surface area is 214 Å². The molecule has 3 heterocycles. The van der Waals surface area contributed by atoms with Crippen molar-refractivity contribution in [2.24, 2.45) is 0 Å². The van der Waals surface area contributed by atoms with E-state index in [1.54, 1.807) is 14.2 Å². The summed E-state index contributed by atoms with van der Waals surface area (Å²) in [5.41, 5.74) is 5.13. The Kier molecular flexibility index (Phi) is 7.21. The predicted octanol–water partition coefficient (Wildman–Crippen LogP) is 4.27. The Morgan fingerprint density at radius 1 is 0.944 bits per heavy atom. The number of fused-ring (bicyclic) bond motifs is 1. The molecule has 1 N–H and O–H groups in total. The number of methoxy groups -OCH3 is 2. The first-order chi connectivity index (χ1) is 17.5. The van der Waals surface area contributed by atoms with Crippen molar-refractivity contribution >= 4 is 16.8 Å². The molecule has 2 saturated heterocycles. The lowest BCUT2D eigenvalue weighted by Crippen LogP contribution is -2.52. The van der Waals surface area contributed by atoms with Crippen molar-refractivity contribution in [2.45, 2.75) is 32.2 Å². The molecule has 2 aliphatic rings. The van der Waals surface area contributed by atoms with Crippen LogP contribution in [0.2, 0.25) is 0 Å². The van der Waals surface area contributed by atoms with Crippen LogP contribution in [0.1, 0.15) is 35.7 Å². The van der Waals surface area contributed by atoms with Crippen LogP contribution in [0.25, 0.3) is 22.2 Å². The summed E-state index contributed by atoms with van der Waals surface area (Å²) in [5, 5.41) is 1.11. The molecule has 0 bridgehead atoms. The maximum atomic E-state index is 13.5. The fourth-order valence-electron chi connectivity index (χ4n) is 5.79. The molecular formula is C29H38N4O3. The minimum atomic E-state index is 0.143. The summed E-state index contributed by atoms with van der Waals surface area (Å²) < 4.78 is 10.9. The quantitative estimate of drug-likeness (QED) is 0.559. The average molecular weight is 491 g/mol. The molecule has 7 heteroatoms. The minimum Gasteiger partial charge on any atom is -0.493 e. The maximum absolute atomic E-state index is 13.5. The standard InChI is InChI=1S/C29H38N4O3/c1-5-23-24-18-21(29(34)33-12-10-22(11-13-33)32-16-14-31(2)15-17-32)6-8-25(24)30-28(23)20-7-9-26(35-3)27(19-20)36-4/h6-9,18-19,22,30H,5,10-17H2,1-4H3. The van der Waals surface area contributed by atoms with E-state index in [1.165, 1.54) is 5.56 Å². The summed E-state index contributed by atoms with van der Waals surface area (Å²) >= 11 is 0. The number of nitrogens with one attached hydrogen (secondary N) is 1. The molecule has 2 aliphatic heterocycles. The van der Waals surface area contributed by atoms with E-state index in [-0.39, 0.29) is 5.91 Å². The number of nitrogens with zero attached hydrogens (tertiary/aromatic N) is 3. The van der Waals surface area contributed by atoms with Gasteiger partial charge in [-0.3, -0.25) is 9.69 Å². The van der Waals surface area contributed by atoms with Gasteiger partial charge >= 0.3 is 0 Å². The average Bonchev–Trinajstić information content (AvgIpc) is 3.30. The number of carbonyl (C=O) groups is 1. The molecule has 2 aromatic carbocycles. The lowest BCUT2D eigenvalue weighted by atomic mass is 9.99. The van der Waals surface area contributed by atoms with Crippen LogP contribution in [0.3, 0.4) is 0 Å². The Morgan fingerprint density at radius 2 is 1.67 bits per heavy atom. The van der Waals surface area contributed by atoms with Crippen molar-refractivity contribution in [3.63, 3.8) is 0 Å². The van der Waals surface area contributed by atoms with Crippen molar-refractivity contribution < 1.29 is 14.3 Å². The molecule has 0 saturated carbocycles. The summed E-state index contributed by atoms with van der Waals surface area (Å²) in [5.74, 6) is 1.55. The van der Waals surface area contributed by atoms with E-state index in [0.29, 0.717) is 17.5 Å². The third kappa shape index (κ3) is 4.70. The van der Waals surface area contributed by atoms with Gasteiger partial charge in [0.25, 0.3) is 5.91 Å². The normalized spacial score (nSPS) is 18.1. The Hall–Kier alpha value is -3.03. The Balaban J connectivity index is 1.35. The van der Waals surface area contributed by atoms with E-state index < -0.39 is 0 Å². The summed E-state index contributed by atoms with van der Waals surface area (Å²) in [6.07, 6.45) is 2.98. The van der Waals surface area contributed by atoms with Gasteiger partial charge in [0.1, 0.15) is 0 Å². The number of hydrogen-bond donors (Lipinski definition) is 1. The number of benzene rings is 2. The van der Waals surface area contributed by atoms with Crippen LogP contribution >= 0.6 is 0 Å². The first kappa shape index (κ1) is 24.7. The van der Waals surface area contributed by atoms with Crippen LogP contribution in [0.4, 0.5) is 0 Å². The number of aromatic amines is 1. The summed E-state index contributed by atoms with van der Waals surface area (Å²) in [7, 11) is 5.49. The maximum Gasteiger partial charge on any atom is 0.253 e. The van der Waals surface area contributed by atoms with Crippen molar-refractivity contribution in [1.82, 2.24) is 19.7 Å². The second-order valence-electron chi connectivity index (χ2n) is 10.0. The van der Waals surface area contributed by atoms with E-state index in [2.05, 4.69) is 34.8 Å². The number of rotatable bonds is 6. The molecule has 1 aromatic heterocycles. The van der Waals surface area contributed by atoms with Crippen molar-refractivity contribution in [1.29, 1.82) is 0 Å². The number of H-pyrrole nitrogens is 1. The topological polar surface area (TPSA) is 61.0 Å². The molecule has 3 aromatic rings. The summed E-state index contributed by atoms with van der Waals surface area (Å²) in [4.78, 5) is 24.1. The molecule has 2 fully saturated rings. The fraction of sp³-hybridized carbons (Fsp3) is 0.483. The smallest absolute Gasteiger partial charge is 0.253 e. The number of amides is 1. The van der Waals surface area contributed by atoms with Gasteiger partial charge in [-0.15, -0.1) is 0 Å². The molecule has 192 valence electrons. The van der Waals surface area contributed by atoms with Crippen LogP contribution in [-0.4, -0.2) is 92.2 Å². The van der Waals surface area contributed by atoms with E-state index in [0.717, 1.165) is 86.3 Å². The highest BCUT2D eigenvalue weighted by Gasteiger charge is 2.29. The molecule has 5 rings (SSSR count). The SMILES string of the molecule is CCc1c(-c2ccc(OC)c(OC)c2)[nH]c2ccc(C(=O)N3CCC(N4CCN(C)CC4)CC3)cc12. The number of carbonyl (C=O) groups excluding carboxylic acids is 1. The van der Waals surface area contributed by atoms with Gasteiger partial charge in [0.15, 0.2) is 11.5 Å². The lowest BCUT2D eigenvalue weighted by molar-refractivity contribution is 0.0519. The second-order valence-corrected chi connectivity index (χ2v) is 10.0. The minimum absolute atomic E-state index is 0.143. The van der Waals surface area contributed by atoms with E-state index in [4.69, 9.17) is 9.47 Å². The lowest BCUT2D eigenvalue weighted by Gasteiger charge is -2.42. The number of aromatic nitrogens is 1. The molecule has 0 unspecified atom stereocenters. The Morgan fingerprint density at radius 3 is 2.33 bits per heavy atom. The molecule has 0 aliphatic carbocycles. The van der Waals surface area contributed by atoms with Gasteiger partial charge in [0, 0.05) is 73.0 Å². The van der Waals surface area contributed by atoms with Gasteiger partial charge < -0.3 is 24.3 Å². The van der Waals surface area contributed by atoms with Gasteiger partial charge in [-0.2, -0.15) is 0 Å². The summed E-state index contributed by atoms with van der Waals surface area (Å²) in [6, 6.07) is 12.7. The van der Waals surface area contributed by atoms with Crippen molar-refractivity contribution in [2.75, 3.05) is 60.5 Å². The number of piperazine rings is 1. The van der Waals surface area contributed by atoms with Crippen molar-refractivity contribution in [3.8, 4) is 22.8 Å². The Bertz CT molecular complexity index is 1220. The van der Waals surface area contributed by atoms with E-state index in [9.17, 15) is 4.79 Å². The third-order valence-electron chi connectivity index (χ3n) is 7.98. The van der Waals surface area contributed by atoms with E-state index in [1.807, 2.05) is 35.2 Å². The number of likely N-dealkylation sites (N-methyl/N-ethyl adjacent to an activating group) is 1. The van der Waals surface area contributed by atoms with Crippen LogP contribution in [0.5, 0.6) is 11.5 Å². The van der Waals surface area contributed by atoms with Gasteiger partial charge in [-0.05, 0) is 68.3 Å². The van der Waals surface area contributed by atoms with Crippen LogP contribution in [-0.2, 0) is 6.42 Å². The highest BCUT2D eigenvalue weighted by atomic mass is 16.5. The molecule has 7 nitrogen and oxygen atoms in total. The molecule has 0 radical (unpaired) electrons. The molecule has 0 spiro atoms. The van der Waals surface area contributed by atoms with Crippen molar-refractivity contribution in [3.05, 3.63) is 47.5 Å². The van der Waals surface area contributed by atoms with Gasteiger partial charge in [-0.1, -0.05) is 6.92 Å². The van der Waals surface area contributed by atoms with Crippen LogP contribution in [0.15, 0.2) is 36.4 Å². The number of ether oxygens (including phenoxy) is 2. The first-order valence-corrected chi connectivity index (χ1v) is 13.1. The van der Waals surface area contributed by atoms with E-state index >= 15 is 0 Å². The third-order valence-corrected chi connectivity index (χ3v) is 7.98. The highest BCUT2D eigenvalue weighted by molar-refractivity contribution is 6.00. The second kappa shape index (κ2) is 10.5. The highest BCUT2D eigenvalue weighted by Crippen LogP contribution is 2.36. The zero-order valence-electron chi connectivity index (χ0n) is 22.0. The predicted molar refractivity (Wildman–Crippen MR) is 144 cm³/mol. The zero-order chi connectivity index (χ0) is 25.2. The number of piperidine rings is 1. The van der Waals surface area contributed by atoms with Crippen LogP contribution < -0.4 is 9.47 Å². The molecule has 36 heavy (non-hydrogen) atoms. The monoisotopic (exact) mass is 490 g/mol. The molecule has 0 atom stereocenters. The summed E-state index contributed by atoms with van der Waals surface area (Å²) in [6.45, 7) is 8.38. The largest absolute Gasteiger partial charge is 0.493 e. The fourth-order valence-corrected chi connectivity index (χ4v) is 5.79. The first-order valence-electron chi connectivity index (χ1n) is 13.1. The number of aryl methyl sites for hydroxylation is 1. The van der Waals surface area contributed by atoms with Crippen LogP contribution in [0, 0.1) is 0 Å². The molecular weight excluding hydrogens is 452 g/mol. The van der Waals surface area contributed by atoms with Gasteiger partial charge in [0.05, 0.1) is 14.2 Å². The molecule has 1 amide bonds. The van der Waals surface area contributed by atoms with Gasteiger partial charge in [-0.25, -0.2) is 0 Å². The van der Waals surface area contributed by atoms with Gasteiger partial charge in [0.2, 0.25) is 0 Å². The number of likely N-dealkylation sites (tertiary alicyclic amines) is 1.